The molecule has 1 unspecified atom stereocenters. The maximum absolute atomic E-state index is 9.59. The van der Waals surface area contributed by atoms with Gasteiger partial charge in [0.05, 0.1) is 12.4 Å². The highest BCUT2D eigenvalue weighted by atomic mass is 16.3. The Hall–Kier alpha value is -1.59. The van der Waals surface area contributed by atoms with Crippen molar-refractivity contribution >= 4 is 0 Å². The number of aryl methyl sites for hydroxylation is 1. The van der Waals surface area contributed by atoms with Crippen LogP contribution in [-0.4, -0.2) is 27.3 Å². The number of furan rings is 1. The lowest BCUT2D eigenvalue weighted by Crippen LogP contribution is -2.32. The second kappa shape index (κ2) is 6.45. The Morgan fingerprint density at radius 2 is 2.24 bits per heavy atom. The molecule has 2 aromatic heterocycles. The lowest BCUT2D eigenvalue weighted by atomic mass is 9.87. The van der Waals surface area contributed by atoms with Crippen molar-refractivity contribution in [3.05, 3.63) is 42.4 Å². The van der Waals surface area contributed by atoms with Gasteiger partial charge in [-0.3, -0.25) is 0 Å². The highest BCUT2D eigenvalue weighted by Crippen LogP contribution is 2.26. The minimum atomic E-state index is -0.100. The highest BCUT2D eigenvalue weighted by Gasteiger charge is 2.24. The molecule has 5 nitrogen and oxygen atoms in total. The first kappa shape index (κ1) is 14.4. The highest BCUT2D eigenvalue weighted by molar-refractivity contribution is 5.15. The maximum Gasteiger partial charge on any atom is 0.133 e. The summed E-state index contributed by atoms with van der Waals surface area (Å²) < 4.78 is 7.59. The van der Waals surface area contributed by atoms with E-state index in [4.69, 9.17) is 4.42 Å². The van der Waals surface area contributed by atoms with E-state index in [0.717, 1.165) is 43.8 Å². The topological polar surface area (TPSA) is 63.2 Å². The molecule has 2 aromatic rings. The molecule has 1 aliphatic carbocycles. The molecule has 114 valence electrons. The molecule has 1 fully saturated rings. The Kier molecular flexibility index (Phi) is 4.41. The maximum atomic E-state index is 9.59. The number of aliphatic hydroxyl groups excluding tert-OH is 1. The lowest BCUT2D eigenvalue weighted by molar-refractivity contribution is 0.107. The van der Waals surface area contributed by atoms with Crippen LogP contribution in [0.1, 0.15) is 43.3 Å². The molecule has 0 spiro atoms. The second-order valence-corrected chi connectivity index (χ2v) is 5.93. The van der Waals surface area contributed by atoms with Crippen molar-refractivity contribution in [1.29, 1.82) is 0 Å². The van der Waals surface area contributed by atoms with E-state index in [9.17, 15) is 5.11 Å². The summed E-state index contributed by atoms with van der Waals surface area (Å²) in [4.78, 5) is 4.45. The van der Waals surface area contributed by atoms with E-state index in [1.165, 1.54) is 0 Å². The minimum absolute atomic E-state index is 0.0214. The van der Waals surface area contributed by atoms with Crippen molar-refractivity contribution < 1.29 is 9.52 Å². The average molecular weight is 289 g/mol. The van der Waals surface area contributed by atoms with Gasteiger partial charge in [-0.05, 0) is 50.3 Å². The van der Waals surface area contributed by atoms with Gasteiger partial charge in [0.1, 0.15) is 17.6 Å². The van der Waals surface area contributed by atoms with Gasteiger partial charge in [-0.25, -0.2) is 4.98 Å². The molecule has 21 heavy (non-hydrogen) atoms. The zero-order chi connectivity index (χ0) is 14.7. The summed E-state index contributed by atoms with van der Waals surface area (Å²) in [6.07, 6.45) is 9.36. The van der Waals surface area contributed by atoms with Gasteiger partial charge in [0.2, 0.25) is 0 Å². The third-order valence-corrected chi connectivity index (χ3v) is 4.37. The van der Waals surface area contributed by atoms with Crippen molar-refractivity contribution in [2.45, 2.75) is 37.8 Å². The number of hydrogen-bond acceptors (Lipinski definition) is 4. The molecule has 1 saturated carbocycles. The van der Waals surface area contributed by atoms with Crippen LogP contribution in [0.3, 0.4) is 0 Å². The van der Waals surface area contributed by atoms with Crippen LogP contribution in [0.2, 0.25) is 0 Å². The SMILES string of the molecule is Cn1ccnc1C(NCC1CCC(O)CC1)c1ccco1. The predicted octanol–water partition coefficient (Wildman–Crippen LogP) is 2.24. The van der Waals surface area contributed by atoms with Crippen molar-refractivity contribution in [1.82, 2.24) is 14.9 Å². The first-order valence-electron chi connectivity index (χ1n) is 7.66. The molecule has 5 heteroatoms. The molecule has 2 heterocycles. The van der Waals surface area contributed by atoms with Gasteiger partial charge in [0, 0.05) is 19.4 Å². The molecule has 1 atom stereocenters. The Bertz CT molecular complexity index is 542. The van der Waals surface area contributed by atoms with E-state index < -0.39 is 0 Å². The molecule has 0 aliphatic heterocycles. The van der Waals surface area contributed by atoms with Crippen LogP contribution in [0.15, 0.2) is 35.2 Å². The van der Waals surface area contributed by atoms with Crippen LogP contribution in [0.25, 0.3) is 0 Å². The number of aromatic nitrogens is 2. The number of nitrogens with one attached hydrogen (secondary N) is 1. The normalized spacial score (nSPS) is 24.1. The number of imidazole rings is 1. The predicted molar refractivity (Wildman–Crippen MR) is 79.7 cm³/mol. The molecular formula is C16H23N3O2. The first-order chi connectivity index (χ1) is 10.2. The Morgan fingerprint density at radius 3 is 2.86 bits per heavy atom. The van der Waals surface area contributed by atoms with Crippen molar-refractivity contribution in [3.8, 4) is 0 Å². The number of aliphatic hydroxyl groups is 1. The molecule has 0 bridgehead atoms. The third-order valence-electron chi connectivity index (χ3n) is 4.37. The summed E-state index contributed by atoms with van der Waals surface area (Å²) in [7, 11) is 2.00. The van der Waals surface area contributed by atoms with E-state index in [1.54, 1.807) is 6.26 Å². The van der Waals surface area contributed by atoms with Crippen molar-refractivity contribution in [2.24, 2.45) is 13.0 Å². The average Bonchev–Trinajstić information content (AvgIpc) is 3.14. The van der Waals surface area contributed by atoms with Crippen LogP contribution >= 0.6 is 0 Å². The molecule has 0 radical (unpaired) electrons. The molecule has 0 saturated heterocycles. The van der Waals surface area contributed by atoms with Gasteiger partial charge in [-0.1, -0.05) is 0 Å². The van der Waals surface area contributed by atoms with Crippen molar-refractivity contribution in [3.63, 3.8) is 0 Å². The second-order valence-electron chi connectivity index (χ2n) is 5.93. The first-order valence-corrected chi connectivity index (χ1v) is 7.66. The summed E-state index contributed by atoms with van der Waals surface area (Å²) in [5, 5.41) is 13.2. The Morgan fingerprint density at radius 1 is 1.43 bits per heavy atom. The molecular weight excluding hydrogens is 266 g/mol. The fourth-order valence-corrected chi connectivity index (χ4v) is 3.06. The third kappa shape index (κ3) is 3.36. The smallest absolute Gasteiger partial charge is 0.133 e. The standard InChI is InChI=1S/C16H23N3O2/c1-19-9-8-17-16(19)15(14-3-2-10-21-14)18-11-12-4-6-13(20)7-5-12/h2-3,8-10,12-13,15,18,20H,4-7,11H2,1H3. The van der Waals surface area contributed by atoms with Gasteiger partial charge in [-0.2, -0.15) is 0 Å². The summed E-state index contributed by atoms with van der Waals surface area (Å²) in [6, 6.07) is 3.87. The van der Waals surface area contributed by atoms with Gasteiger partial charge < -0.3 is 19.4 Å². The summed E-state index contributed by atoms with van der Waals surface area (Å²) in [5.74, 6) is 2.46. The van der Waals surface area contributed by atoms with Gasteiger partial charge in [0.25, 0.3) is 0 Å². The fourth-order valence-electron chi connectivity index (χ4n) is 3.06. The zero-order valence-corrected chi connectivity index (χ0v) is 12.4. The van der Waals surface area contributed by atoms with E-state index in [0.29, 0.717) is 5.92 Å². The minimum Gasteiger partial charge on any atom is -0.467 e. The summed E-state index contributed by atoms with van der Waals surface area (Å²) >= 11 is 0. The van der Waals surface area contributed by atoms with Crippen LogP contribution in [0, 0.1) is 5.92 Å². The largest absolute Gasteiger partial charge is 0.467 e. The summed E-state index contributed by atoms with van der Waals surface area (Å²) in [5.41, 5.74) is 0. The zero-order valence-electron chi connectivity index (χ0n) is 12.4. The van der Waals surface area contributed by atoms with Gasteiger partial charge in [-0.15, -0.1) is 0 Å². The van der Waals surface area contributed by atoms with E-state index in [2.05, 4.69) is 10.3 Å². The number of rotatable bonds is 5. The molecule has 2 N–H and O–H groups in total. The molecule has 0 aromatic carbocycles. The number of hydrogen-bond donors (Lipinski definition) is 2. The van der Waals surface area contributed by atoms with Crippen LogP contribution < -0.4 is 5.32 Å². The van der Waals surface area contributed by atoms with Gasteiger partial charge >= 0.3 is 0 Å². The van der Waals surface area contributed by atoms with Crippen molar-refractivity contribution in [2.75, 3.05) is 6.54 Å². The van der Waals surface area contributed by atoms with E-state index in [1.807, 2.05) is 36.1 Å². The molecule has 0 amide bonds. The quantitative estimate of drug-likeness (QED) is 0.886. The van der Waals surface area contributed by atoms with Crippen LogP contribution in [0.4, 0.5) is 0 Å². The monoisotopic (exact) mass is 289 g/mol. The molecule has 3 rings (SSSR count). The van der Waals surface area contributed by atoms with Crippen LogP contribution in [0.5, 0.6) is 0 Å². The summed E-state index contributed by atoms with van der Waals surface area (Å²) in [6.45, 7) is 0.922. The molecule has 1 aliphatic rings. The van der Waals surface area contributed by atoms with E-state index in [-0.39, 0.29) is 12.1 Å². The Balaban J connectivity index is 1.67. The fraction of sp³-hybridized carbons (Fsp3) is 0.562. The van der Waals surface area contributed by atoms with Crippen LogP contribution in [-0.2, 0) is 7.05 Å². The lowest BCUT2D eigenvalue weighted by Gasteiger charge is -2.27. The number of nitrogens with zero attached hydrogens (tertiary/aromatic N) is 2. The van der Waals surface area contributed by atoms with Gasteiger partial charge in [0.15, 0.2) is 0 Å². The van der Waals surface area contributed by atoms with E-state index >= 15 is 0 Å². The Labute approximate surface area is 125 Å².